The molecule has 118 valence electrons. The van der Waals surface area contributed by atoms with E-state index in [0.29, 0.717) is 16.3 Å². The van der Waals surface area contributed by atoms with Crippen molar-refractivity contribution >= 4 is 23.2 Å². The van der Waals surface area contributed by atoms with Crippen LogP contribution in [0.15, 0.2) is 18.2 Å². The van der Waals surface area contributed by atoms with Crippen LogP contribution in [0.2, 0.25) is 5.02 Å². The minimum Gasteiger partial charge on any atom is -0.392 e. The summed E-state index contributed by atoms with van der Waals surface area (Å²) < 4.78 is 0. The van der Waals surface area contributed by atoms with E-state index in [4.69, 9.17) is 16.9 Å². The van der Waals surface area contributed by atoms with Crippen molar-refractivity contribution in [2.45, 2.75) is 38.3 Å². The lowest BCUT2D eigenvalue weighted by Gasteiger charge is -2.36. The maximum atomic E-state index is 12.2. The summed E-state index contributed by atoms with van der Waals surface area (Å²) >= 11 is 5.91. The van der Waals surface area contributed by atoms with E-state index >= 15 is 0 Å². The normalized spacial score (nSPS) is 20.2. The number of nitrogens with one attached hydrogen (secondary N) is 1. The van der Waals surface area contributed by atoms with E-state index in [1.807, 2.05) is 11.0 Å². The van der Waals surface area contributed by atoms with Crippen molar-refractivity contribution in [3.63, 3.8) is 0 Å². The van der Waals surface area contributed by atoms with Crippen LogP contribution in [0.25, 0.3) is 0 Å². The third-order valence-corrected chi connectivity index (χ3v) is 4.18. The number of hydrogen-bond donors (Lipinski definition) is 2. The van der Waals surface area contributed by atoms with Crippen molar-refractivity contribution in [1.82, 2.24) is 4.90 Å². The molecule has 5 nitrogen and oxygen atoms in total. The van der Waals surface area contributed by atoms with Crippen LogP contribution in [0.1, 0.15) is 31.7 Å². The predicted molar refractivity (Wildman–Crippen MR) is 85.7 cm³/mol. The largest absolute Gasteiger partial charge is 0.392 e. The van der Waals surface area contributed by atoms with E-state index < -0.39 is 6.10 Å². The van der Waals surface area contributed by atoms with Gasteiger partial charge in [0.25, 0.3) is 0 Å². The first-order valence-electron chi connectivity index (χ1n) is 7.43. The third-order valence-electron chi connectivity index (χ3n) is 3.94. The second-order valence-corrected chi connectivity index (χ2v) is 6.06. The van der Waals surface area contributed by atoms with Crippen LogP contribution >= 0.6 is 11.6 Å². The highest BCUT2D eigenvalue weighted by molar-refractivity contribution is 6.31. The fourth-order valence-corrected chi connectivity index (χ4v) is 3.02. The lowest BCUT2D eigenvalue weighted by Crippen LogP contribution is -2.48. The molecule has 1 aromatic carbocycles. The number of rotatable bonds is 4. The Morgan fingerprint density at radius 1 is 1.59 bits per heavy atom. The van der Waals surface area contributed by atoms with Gasteiger partial charge in [-0.2, -0.15) is 5.26 Å². The lowest BCUT2D eigenvalue weighted by molar-refractivity contribution is -0.118. The first-order chi connectivity index (χ1) is 10.5. The second kappa shape index (κ2) is 7.59. The lowest BCUT2D eigenvalue weighted by atomic mass is 9.98. The number of nitriles is 1. The van der Waals surface area contributed by atoms with Gasteiger partial charge in [0.05, 0.1) is 23.9 Å². The zero-order chi connectivity index (χ0) is 16.1. The van der Waals surface area contributed by atoms with Crippen molar-refractivity contribution in [2.75, 3.05) is 18.4 Å². The number of aliphatic hydroxyl groups is 1. The Hall–Kier alpha value is -1.61. The number of carbonyl (C=O) groups excluding carboxylic acids is 1. The number of aliphatic hydroxyl groups excluding tert-OH is 1. The van der Waals surface area contributed by atoms with Gasteiger partial charge < -0.3 is 10.4 Å². The molecule has 22 heavy (non-hydrogen) atoms. The Morgan fingerprint density at radius 3 is 3.05 bits per heavy atom. The van der Waals surface area contributed by atoms with E-state index in [9.17, 15) is 9.90 Å². The number of likely N-dealkylation sites (tertiary alicyclic amines) is 1. The molecule has 1 aliphatic heterocycles. The Bertz CT molecular complexity index is 583. The average molecular weight is 322 g/mol. The number of hydrogen-bond acceptors (Lipinski definition) is 4. The van der Waals surface area contributed by atoms with Gasteiger partial charge in [0.2, 0.25) is 5.91 Å². The van der Waals surface area contributed by atoms with Gasteiger partial charge in [0, 0.05) is 11.1 Å². The van der Waals surface area contributed by atoms with Crippen LogP contribution in [-0.4, -0.2) is 41.1 Å². The maximum Gasteiger partial charge on any atom is 0.238 e. The summed E-state index contributed by atoms with van der Waals surface area (Å²) in [6.07, 6.45) is 2.53. The van der Waals surface area contributed by atoms with Gasteiger partial charge in [-0.3, -0.25) is 9.69 Å². The minimum atomic E-state index is -0.464. The summed E-state index contributed by atoms with van der Waals surface area (Å²) in [4.78, 5) is 14.2. The van der Waals surface area contributed by atoms with Crippen molar-refractivity contribution in [3.8, 4) is 6.07 Å². The van der Waals surface area contributed by atoms with Gasteiger partial charge in [-0.15, -0.1) is 0 Å². The van der Waals surface area contributed by atoms with Crippen molar-refractivity contribution in [2.24, 2.45) is 0 Å². The minimum absolute atomic E-state index is 0.00861. The van der Waals surface area contributed by atoms with Crippen molar-refractivity contribution in [3.05, 3.63) is 28.8 Å². The zero-order valence-electron chi connectivity index (χ0n) is 12.6. The summed E-state index contributed by atoms with van der Waals surface area (Å²) in [5, 5.41) is 22.1. The fourth-order valence-electron chi connectivity index (χ4n) is 2.85. The molecule has 2 N–H and O–H groups in total. The summed E-state index contributed by atoms with van der Waals surface area (Å²) in [6, 6.07) is 6.81. The molecule has 0 spiro atoms. The van der Waals surface area contributed by atoms with Gasteiger partial charge in [0.15, 0.2) is 0 Å². The van der Waals surface area contributed by atoms with Gasteiger partial charge in [-0.05, 0) is 44.5 Å². The Kier molecular flexibility index (Phi) is 5.78. The van der Waals surface area contributed by atoms with Crippen molar-refractivity contribution < 1.29 is 9.90 Å². The molecular formula is C16H20ClN3O2. The van der Waals surface area contributed by atoms with Gasteiger partial charge >= 0.3 is 0 Å². The first-order valence-corrected chi connectivity index (χ1v) is 7.80. The molecule has 0 aromatic heterocycles. The molecule has 2 unspecified atom stereocenters. The van der Waals surface area contributed by atoms with E-state index in [0.717, 1.165) is 25.8 Å². The highest BCUT2D eigenvalue weighted by Crippen LogP contribution is 2.22. The fraction of sp³-hybridized carbons (Fsp3) is 0.500. The van der Waals surface area contributed by atoms with E-state index in [1.165, 1.54) is 0 Å². The number of anilines is 1. The van der Waals surface area contributed by atoms with E-state index in [-0.39, 0.29) is 18.5 Å². The van der Waals surface area contributed by atoms with Gasteiger partial charge in [-0.1, -0.05) is 18.0 Å². The molecule has 1 fully saturated rings. The highest BCUT2D eigenvalue weighted by Gasteiger charge is 2.27. The molecule has 0 saturated carbocycles. The smallest absolute Gasteiger partial charge is 0.238 e. The number of nitrogens with zero attached hydrogens (tertiary/aromatic N) is 2. The molecule has 1 heterocycles. The summed E-state index contributed by atoms with van der Waals surface area (Å²) in [5.74, 6) is -0.202. The molecule has 0 bridgehead atoms. The summed E-state index contributed by atoms with van der Waals surface area (Å²) in [7, 11) is 0. The Labute approximate surface area is 135 Å². The van der Waals surface area contributed by atoms with E-state index in [1.54, 1.807) is 25.1 Å². The Morgan fingerprint density at radius 2 is 2.36 bits per heavy atom. The molecule has 6 heteroatoms. The van der Waals surface area contributed by atoms with Crippen LogP contribution in [0.4, 0.5) is 5.69 Å². The number of carbonyl (C=O) groups is 1. The predicted octanol–water partition coefficient (Wildman–Crippen LogP) is 2.39. The molecule has 0 radical (unpaired) electrons. The third kappa shape index (κ3) is 4.20. The molecule has 1 amide bonds. The molecule has 1 saturated heterocycles. The van der Waals surface area contributed by atoms with Gasteiger partial charge in [0.1, 0.15) is 6.07 Å². The van der Waals surface area contributed by atoms with E-state index in [2.05, 4.69) is 5.32 Å². The monoisotopic (exact) mass is 321 g/mol. The molecule has 1 aliphatic rings. The topological polar surface area (TPSA) is 76.4 Å². The van der Waals surface area contributed by atoms with Crippen LogP contribution in [-0.2, 0) is 4.79 Å². The zero-order valence-corrected chi connectivity index (χ0v) is 13.3. The van der Waals surface area contributed by atoms with Gasteiger partial charge in [-0.25, -0.2) is 0 Å². The first kappa shape index (κ1) is 16.8. The number of benzene rings is 1. The standard InChI is InChI=1S/C16H20ClN3O2/c1-11(21)15-4-2-3-7-20(15)10-16(22)19-14-8-13(17)6-5-12(14)9-18/h5-6,8,11,15,21H,2-4,7,10H2,1H3,(H,19,22). The maximum absolute atomic E-state index is 12.2. The highest BCUT2D eigenvalue weighted by atomic mass is 35.5. The van der Waals surface area contributed by atoms with Crippen LogP contribution in [0.5, 0.6) is 0 Å². The Balaban J connectivity index is 2.03. The molecule has 2 rings (SSSR count). The van der Waals surface area contributed by atoms with Crippen LogP contribution in [0.3, 0.4) is 0 Å². The number of piperidine rings is 1. The average Bonchev–Trinajstić information content (AvgIpc) is 2.47. The molecule has 2 atom stereocenters. The molecular weight excluding hydrogens is 302 g/mol. The summed E-state index contributed by atoms with van der Waals surface area (Å²) in [6.45, 7) is 2.75. The van der Waals surface area contributed by atoms with Crippen LogP contribution < -0.4 is 5.32 Å². The SMILES string of the molecule is CC(O)C1CCCCN1CC(=O)Nc1cc(Cl)ccc1C#N. The molecule has 1 aromatic rings. The van der Waals surface area contributed by atoms with Crippen LogP contribution in [0, 0.1) is 11.3 Å². The quantitative estimate of drug-likeness (QED) is 0.892. The second-order valence-electron chi connectivity index (χ2n) is 5.62. The number of amides is 1. The number of halogens is 1. The summed E-state index contributed by atoms with van der Waals surface area (Å²) in [5.41, 5.74) is 0.800. The molecule has 0 aliphatic carbocycles. The van der Waals surface area contributed by atoms with Crippen molar-refractivity contribution in [1.29, 1.82) is 5.26 Å².